The molecule has 3 rings (SSSR count). The van der Waals surface area contributed by atoms with Gasteiger partial charge < -0.3 is 0 Å². The van der Waals surface area contributed by atoms with Crippen molar-refractivity contribution in [2.75, 3.05) is 0 Å². The predicted octanol–water partition coefficient (Wildman–Crippen LogP) is 2.61. The van der Waals surface area contributed by atoms with Crippen molar-refractivity contribution >= 4 is 0 Å². The molecule has 0 saturated carbocycles. The topological polar surface area (TPSA) is 0 Å². The second kappa shape index (κ2) is 7.10. The fraction of sp³-hybridized carbons (Fsp3) is 0.143. The van der Waals surface area contributed by atoms with E-state index in [1.54, 1.807) is 0 Å². The molecule has 3 aromatic carbocycles. The molecule has 0 saturated heterocycles. The summed E-state index contributed by atoms with van der Waals surface area (Å²) in [6, 6.07) is 28.7. The molecule has 0 N–H and O–H groups in total. The first-order valence-electron chi connectivity index (χ1n) is 7.63. The van der Waals surface area contributed by atoms with E-state index < -0.39 is 0 Å². The van der Waals surface area contributed by atoms with Crippen LogP contribution in [0, 0.1) is 7.14 Å². The zero-order valence-electron chi connectivity index (χ0n) is 13.0. The minimum Gasteiger partial charge on any atom is -0.0619 e. The van der Waals surface area contributed by atoms with E-state index in [1.807, 2.05) is 0 Å². The summed E-state index contributed by atoms with van der Waals surface area (Å²) in [7, 11) is 0. The van der Waals surface area contributed by atoms with Gasteiger partial charge in [-0.05, 0) is 41.3 Å². The van der Waals surface area contributed by atoms with Crippen molar-refractivity contribution in [2.45, 2.75) is 19.8 Å². The Morgan fingerprint density at radius 1 is 0.682 bits per heavy atom. The molecule has 0 nitrogen and oxygen atoms in total. The van der Waals surface area contributed by atoms with Crippen molar-refractivity contribution < 1.29 is 21.2 Å². The van der Waals surface area contributed by atoms with Gasteiger partial charge in [-0.25, -0.2) is 0 Å². The summed E-state index contributed by atoms with van der Waals surface area (Å²) >= 11 is -0.139. The number of hydrogen-bond acceptors (Lipinski definition) is 0. The van der Waals surface area contributed by atoms with Crippen molar-refractivity contribution in [1.29, 1.82) is 0 Å². The van der Waals surface area contributed by atoms with E-state index >= 15 is 0 Å². The number of halogens is 1. The van der Waals surface area contributed by atoms with Crippen LogP contribution in [0.3, 0.4) is 0 Å². The van der Waals surface area contributed by atoms with Gasteiger partial charge in [0, 0.05) is 5.56 Å². The Morgan fingerprint density at radius 3 is 2.00 bits per heavy atom. The quantitative estimate of drug-likeness (QED) is 0.592. The maximum absolute atomic E-state index is 2.28. The van der Waals surface area contributed by atoms with Gasteiger partial charge in [0.2, 0.25) is 3.57 Å². The summed E-state index contributed by atoms with van der Waals surface area (Å²) in [6.07, 6.45) is 0. The van der Waals surface area contributed by atoms with Crippen molar-refractivity contribution in [3.8, 4) is 11.1 Å². The lowest BCUT2D eigenvalue weighted by Gasteiger charge is -2.07. The van der Waals surface area contributed by atoms with Crippen LogP contribution in [0.5, 0.6) is 0 Å². The molecule has 0 unspecified atom stereocenters. The maximum Gasteiger partial charge on any atom is 0.358 e. The highest BCUT2D eigenvalue weighted by atomic mass is 127. The third-order valence-corrected chi connectivity index (χ3v) is 6.57. The molecule has 0 aliphatic rings. The Hall–Kier alpha value is -1.61. The van der Waals surface area contributed by atoms with Crippen molar-refractivity contribution in [3.63, 3.8) is 0 Å². The van der Waals surface area contributed by atoms with E-state index in [2.05, 4.69) is 92.7 Å². The van der Waals surface area contributed by atoms with Gasteiger partial charge in [-0.2, -0.15) is 0 Å². The van der Waals surface area contributed by atoms with Gasteiger partial charge in [-0.1, -0.05) is 68.4 Å². The molecule has 0 atom stereocenters. The average Bonchev–Trinajstić information content (AvgIpc) is 2.56. The number of hydrogen-bond donors (Lipinski definition) is 0. The first kappa shape index (κ1) is 15.3. The monoisotopic (exact) mass is 399 g/mol. The summed E-state index contributed by atoms with van der Waals surface area (Å²) in [5.41, 5.74) is 4.11. The van der Waals surface area contributed by atoms with Crippen molar-refractivity contribution in [1.82, 2.24) is 0 Å². The minimum atomic E-state index is -0.139. The molecule has 0 fully saturated rings. The zero-order chi connectivity index (χ0) is 15.4. The van der Waals surface area contributed by atoms with E-state index in [0.29, 0.717) is 5.92 Å². The Balaban J connectivity index is 1.94. The Morgan fingerprint density at radius 2 is 1.32 bits per heavy atom. The van der Waals surface area contributed by atoms with Gasteiger partial charge in [-0.15, -0.1) is 0 Å². The lowest BCUT2D eigenvalue weighted by atomic mass is 9.99. The first-order valence-corrected chi connectivity index (χ1v) is 9.79. The summed E-state index contributed by atoms with van der Waals surface area (Å²) in [4.78, 5) is 0. The van der Waals surface area contributed by atoms with Gasteiger partial charge in [0.05, 0.1) is 0 Å². The summed E-state index contributed by atoms with van der Waals surface area (Å²) in [5, 5.41) is 0. The first-order chi connectivity index (χ1) is 10.7. The molecule has 110 valence electrons. The number of benzene rings is 3. The van der Waals surface area contributed by atoms with Crippen LogP contribution in [0.1, 0.15) is 25.3 Å². The number of rotatable bonds is 4. The van der Waals surface area contributed by atoms with Crippen LogP contribution in [0.2, 0.25) is 0 Å². The highest BCUT2D eigenvalue weighted by Gasteiger charge is 2.20. The molecule has 0 aliphatic heterocycles. The Kier molecular flexibility index (Phi) is 4.94. The molecule has 1 heteroatoms. The van der Waals surface area contributed by atoms with Crippen molar-refractivity contribution in [3.05, 3.63) is 91.6 Å². The van der Waals surface area contributed by atoms with E-state index in [1.165, 1.54) is 23.8 Å². The second-order valence-electron chi connectivity index (χ2n) is 5.65. The SMILES string of the molecule is CC(C)c1ccc(-c2ccccc2[I+]c2ccccc2)cc1. The van der Waals surface area contributed by atoms with Gasteiger partial charge in [0.15, 0.2) is 3.57 Å². The largest absolute Gasteiger partial charge is 0.358 e. The lowest BCUT2D eigenvalue weighted by molar-refractivity contribution is -0.596. The summed E-state index contributed by atoms with van der Waals surface area (Å²) < 4.78 is 2.96. The fourth-order valence-electron chi connectivity index (χ4n) is 2.42. The van der Waals surface area contributed by atoms with E-state index in [0.717, 1.165) is 0 Å². The zero-order valence-corrected chi connectivity index (χ0v) is 15.1. The minimum absolute atomic E-state index is 0.139. The van der Waals surface area contributed by atoms with Crippen molar-refractivity contribution in [2.24, 2.45) is 0 Å². The predicted molar refractivity (Wildman–Crippen MR) is 89.8 cm³/mol. The Labute approximate surface area is 143 Å². The van der Waals surface area contributed by atoms with Crippen LogP contribution < -0.4 is 21.2 Å². The van der Waals surface area contributed by atoms with Gasteiger partial charge in [0.25, 0.3) is 0 Å². The average molecular weight is 399 g/mol. The van der Waals surface area contributed by atoms with E-state index in [-0.39, 0.29) is 21.2 Å². The van der Waals surface area contributed by atoms with Gasteiger partial charge in [-0.3, -0.25) is 0 Å². The molecule has 0 amide bonds. The molecule has 0 heterocycles. The molecule has 0 bridgehead atoms. The normalized spacial score (nSPS) is 10.9. The molecular weight excluding hydrogens is 379 g/mol. The van der Waals surface area contributed by atoms with E-state index in [4.69, 9.17) is 0 Å². The van der Waals surface area contributed by atoms with Gasteiger partial charge >= 0.3 is 21.2 Å². The van der Waals surface area contributed by atoms with Crippen LogP contribution >= 0.6 is 0 Å². The molecule has 0 aromatic heterocycles. The van der Waals surface area contributed by atoms with Crippen LogP contribution in [0.4, 0.5) is 0 Å². The molecular formula is C21H20I+. The molecule has 3 aromatic rings. The molecule has 22 heavy (non-hydrogen) atoms. The summed E-state index contributed by atoms with van der Waals surface area (Å²) in [5.74, 6) is 0.584. The summed E-state index contributed by atoms with van der Waals surface area (Å²) in [6.45, 7) is 4.48. The second-order valence-corrected chi connectivity index (χ2v) is 8.59. The molecule has 0 radical (unpaired) electrons. The van der Waals surface area contributed by atoms with Crippen LogP contribution in [-0.4, -0.2) is 0 Å². The third kappa shape index (κ3) is 3.58. The Bertz CT molecular complexity index is 727. The van der Waals surface area contributed by atoms with Crippen LogP contribution in [0.15, 0.2) is 78.9 Å². The van der Waals surface area contributed by atoms with Crippen LogP contribution in [0.25, 0.3) is 11.1 Å². The standard InChI is InChI=1S/C21H20I/c1-16(2)17-12-14-18(15-13-17)20-10-6-7-11-21(20)22-19-8-4-3-5-9-19/h3-16H,1-2H3/q+1. The molecule has 0 aliphatic carbocycles. The highest BCUT2D eigenvalue weighted by Crippen LogP contribution is 2.22. The van der Waals surface area contributed by atoms with Crippen LogP contribution in [-0.2, 0) is 0 Å². The molecule has 0 spiro atoms. The maximum atomic E-state index is 2.28. The fourth-order valence-corrected chi connectivity index (χ4v) is 5.04. The van der Waals surface area contributed by atoms with Gasteiger partial charge in [0.1, 0.15) is 0 Å². The smallest absolute Gasteiger partial charge is 0.0619 e. The van der Waals surface area contributed by atoms with E-state index in [9.17, 15) is 0 Å². The third-order valence-electron chi connectivity index (χ3n) is 3.71. The highest BCUT2D eigenvalue weighted by molar-refractivity contribution is 5.63. The lowest BCUT2D eigenvalue weighted by Crippen LogP contribution is -3.61.